The average molecular weight is 572 g/mol. The van der Waals surface area contributed by atoms with Crippen LogP contribution in [0.15, 0.2) is 109 Å². The third-order valence-electron chi connectivity index (χ3n) is 7.25. The summed E-state index contributed by atoms with van der Waals surface area (Å²) < 4.78 is 17.7. The molecule has 0 saturated carbocycles. The monoisotopic (exact) mass is 571 g/mol. The molecular weight excluding hydrogens is 542 g/mol. The first-order valence-corrected chi connectivity index (χ1v) is 14.1. The molecule has 0 N–H and O–H groups in total. The van der Waals surface area contributed by atoms with E-state index in [4.69, 9.17) is 14.2 Å². The molecule has 2 amide bonds. The predicted molar refractivity (Wildman–Crippen MR) is 163 cm³/mol. The van der Waals surface area contributed by atoms with Crippen LogP contribution in [0.3, 0.4) is 0 Å². The molecule has 214 valence electrons. The summed E-state index contributed by atoms with van der Waals surface area (Å²) in [6.07, 6.45) is 0.0938. The van der Waals surface area contributed by atoms with E-state index in [1.54, 1.807) is 31.2 Å². The molecule has 0 aromatic heterocycles. The molecule has 1 aliphatic rings. The van der Waals surface area contributed by atoms with Crippen molar-refractivity contribution in [3.63, 3.8) is 0 Å². The maximum Gasteiger partial charge on any atom is 0.310 e. The van der Waals surface area contributed by atoms with E-state index in [9.17, 15) is 14.4 Å². The van der Waals surface area contributed by atoms with E-state index >= 15 is 0 Å². The van der Waals surface area contributed by atoms with Gasteiger partial charge in [-0.1, -0.05) is 97.1 Å². The first-order valence-electron chi connectivity index (χ1n) is 14.1. The van der Waals surface area contributed by atoms with Crippen molar-refractivity contribution in [1.82, 2.24) is 0 Å². The van der Waals surface area contributed by atoms with E-state index in [-0.39, 0.29) is 36.7 Å². The largest absolute Gasteiger partial charge is 0.487 e. The molecule has 0 bridgehead atoms. The van der Waals surface area contributed by atoms with Gasteiger partial charge in [0.15, 0.2) is 0 Å². The molecule has 6 rings (SSSR count). The number of fused-ring (bicyclic) bond motifs is 2. The van der Waals surface area contributed by atoms with Gasteiger partial charge in [-0.15, -0.1) is 0 Å². The zero-order valence-corrected chi connectivity index (χ0v) is 23.6. The van der Waals surface area contributed by atoms with Crippen molar-refractivity contribution in [2.45, 2.75) is 26.6 Å². The number of hydrogen-bond acceptors (Lipinski definition) is 6. The number of imide groups is 1. The fourth-order valence-corrected chi connectivity index (χ4v) is 5.23. The van der Waals surface area contributed by atoms with E-state index in [1.165, 1.54) is 0 Å². The van der Waals surface area contributed by atoms with Crippen molar-refractivity contribution in [3.05, 3.63) is 137 Å². The number of carbonyl (C=O) groups excluding carboxylic acids is 3. The molecule has 5 aromatic rings. The molecule has 0 spiro atoms. The number of rotatable bonds is 10. The van der Waals surface area contributed by atoms with Gasteiger partial charge in [0.25, 0.3) is 11.8 Å². The molecule has 7 nitrogen and oxygen atoms in total. The van der Waals surface area contributed by atoms with Crippen LogP contribution in [0.5, 0.6) is 11.5 Å². The molecule has 5 aromatic carbocycles. The van der Waals surface area contributed by atoms with E-state index in [0.29, 0.717) is 40.1 Å². The lowest BCUT2D eigenvalue weighted by Crippen LogP contribution is -2.29. The second kappa shape index (κ2) is 12.2. The minimum absolute atomic E-state index is 0.0938. The van der Waals surface area contributed by atoms with Gasteiger partial charge in [-0.3, -0.25) is 14.4 Å². The lowest BCUT2D eigenvalue weighted by molar-refractivity contribution is -0.142. The highest BCUT2D eigenvalue weighted by molar-refractivity contribution is 6.38. The van der Waals surface area contributed by atoms with Gasteiger partial charge in [0.05, 0.1) is 29.8 Å². The van der Waals surface area contributed by atoms with Crippen molar-refractivity contribution < 1.29 is 28.6 Å². The Morgan fingerprint density at radius 2 is 1.07 bits per heavy atom. The lowest BCUT2D eigenvalue weighted by Gasteiger charge is -2.17. The molecule has 0 fully saturated rings. The third-order valence-corrected chi connectivity index (χ3v) is 7.25. The molecule has 1 heterocycles. The number of benzene rings is 5. The maximum atomic E-state index is 14.2. The van der Waals surface area contributed by atoms with Gasteiger partial charge in [0.1, 0.15) is 24.7 Å². The van der Waals surface area contributed by atoms with E-state index in [2.05, 4.69) is 0 Å². The lowest BCUT2D eigenvalue weighted by atomic mass is 9.98. The smallest absolute Gasteiger partial charge is 0.310 e. The number of ether oxygens (including phenoxy) is 3. The molecule has 0 atom stereocenters. The van der Waals surface area contributed by atoms with Crippen LogP contribution in [-0.2, 0) is 29.2 Å². The topological polar surface area (TPSA) is 82.1 Å². The van der Waals surface area contributed by atoms with Crippen molar-refractivity contribution >= 4 is 34.2 Å². The summed E-state index contributed by atoms with van der Waals surface area (Å²) >= 11 is 0. The van der Waals surface area contributed by atoms with Gasteiger partial charge < -0.3 is 14.2 Å². The number of esters is 1. The Balaban J connectivity index is 1.44. The van der Waals surface area contributed by atoms with Crippen LogP contribution in [0.2, 0.25) is 0 Å². The first kappa shape index (κ1) is 27.7. The second-order valence-corrected chi connectivity index (χ2v) is 10.1. The van der Waals surface area contributed by atoms with Crippen molar-refractivity contribution in [2.75, 3.05) is 11.5 Å². The highest BCUT2D eigenvalue weighted by Crippen LogP contribution is 2.46. The zero-order chi connectivity index (χ0) is 29.8. The van der Waals surface area contributed by atoms with Crippen LogP contribution in [-0.4, -0.2) is 24.4 Å². The average Bonchev–Trinajstić information content (AvgIpc) is 3.29. The van der Waals surface area contributed by atoms with Crippen LogP contribution >= 0.6 is 0 Å². The Bertz CT molecular complexity index is 1700. The standard InChI is InChI=1S/C36H29NO6/c1-2-41-30(38)21-24-17-19-27(20-18-24)37-35(39)31-32(36(37)40)34(43-23-26-13-7-4-8-14-26)29-16-10-9-15-28(29)33(31)42-22-25-11-5-3-6-12-25/h3-20H,2,21-23H2,1H3. The fraction of sp³-hybridized carbons (Fsp3) is 0.139. The van der Waals surface area contributed by atoms with Gasteiger partial charge in [-0.25, -0.2) is 4.90 Å². The Morgan fingerprint density at radius 1 is 0.605 bits per heavy atom. The second-order valence-electron chi connectivity index (χ2n) is 10.1. The van der Waals surface area contributed by atoms with E-state index < -0.39 is 11.8 Å². The molecule has 0 saturated heterocycles. The van der Waals surface area contributed by atoms with Crippen LogP contribution < -0.4 is 14.4 Å². The Kier molecular flexibility index (Phi) is 7.87. The summed E-state index contributed by atoms with van der Waals surface area (Å²) in [5, 5.41) is 1.35. The summed E-state index contributed by atoms with van der Waals surface area (Å²) in [5.41, 5.74) is 3.27. The van der Waals surface area contributed by atoms with Gasteiger partial charge in [-0.05, 0) is 35.7 Å². The molecule has 0 unspecified atom stereocenters. The summed E-state index contributed by atoms with van der Waals surface area (Å²) in [4.78, 5) is 41.4. The van der Waals surface area contributed by atoms with Crippen LogP contribution in [0.1, 0.15) is 44.3 Å². The van der Waals surface area contributed by atoms with E-state index in [0.717, 1.165) is 16.0 Å². The van der Waals surface area contributed by atoms with Crippen LogP contribution in [0.4, 0.5) is 5.69 Å². The number of amides is 2. The Morgan fingerprint density at radius 3 is 1.53 bits per heavy atom. The first-order chi connectivity index (χ1) is 21.0. The van der Waals surface area contributed by atoms with Crippen molar-refractivity contribution in [2.24, 2.45) is 0 Å². The normalized spacial score (nSPS) is 12.3. The molecule has 0 aliphatic carbocycles. The summed E-state index contributed by atoms with van der Waals surface area (Å²) in [6.45, 7) is 2.48. The van der Waals surface area contributed by atoms with E-state index in [1.807, 2.05) is 84.9 Å². The minimum atomic E-state index is -0.503. The minimum Gasteiger partial charge on any atom is -0.487 e. The SMILES string of the molecule is CCOC(=O)Cc1ccc(N2C(=O)c3c(c(OCc4ccccc4)c4ccccc4c3OCc3ccccc3)C2=O)cc1. The fourth-order valence-electron chi connectivity index (χ4n) is 5.23. The summed E-state index contributed by atoms with van der Waals surface area (Å²) in [6, 6.07) is 33.5. The summed E-state index contributed by atoms with van der Waals surface area (Å²) in [7, 11) is 0. The van der Waals surface area contributed by atoms with Crippen molar-refractivity contribution in [1.29, 1.82) is 0 Å². The zero-order valence-electron chi connectivity index (χ0n) is 23.6. The third kappa shape index (κ3) is 5.57. The number of carbonyl (C=O) groups is 3. The molecular formula is C36H29NO6. The molecule has 0 radical (unpaired) electrons. The van der Waals surface area contributed by atoms with Crippen LogP contribution in [0, 0.1) is 0 Å². The number of nitrogens with zero attached hydrogens (tertiary/aromatic N) is 1. The highest BCUT2D eigenvalue weighted by atomic mass is 16.5. The molecule has 43 heavy (non-hydrogen) atoms. The van der Waals surface area contributed by atoms with Gasteiger partial charge in [-0.2, -0.15) is 0 Å². The number of hydrogen-bond donors (Lipinski definition) is 0. The molecule has 1 aliphatic heterocycles. The molecule has 7 heteroatoms. The highest BCUT2D eigenvalue weighted by Gasteiger charge is 2.43. The van der Waals surface area contributed by atoms with Gasteiger partial charge in [0.2, 0.25) is 0 Å². The Hall–Kier alpha value is -5.43. The maximum absolute atomic E-state index is 14.2. The number of anilines is 1. The summed E-state index contributed by atoms with van der Waals surface area (Å²) in [5.74, 6) is -0.682. The van der Waals surface area contributed by atoms with Gasteiger partial charge in [0, 0.05) is 10.8 Å². The Labute approximate surface area is 249 Å². The predicted octanol–water partition coefficient (Wildman–Crippen LogP) is 6.90. The van der Waals surface area contributed by atoms with Crippen LogP contribution in [0.25, 0.3) is 10.8 Å². The van der Waals surface area contributed by atoms with Gasteiger partial charge >= 0.3 is 5.97 Å². The quantitative estimate of drug-likeness (QED) is 0.134. The van der Waals surface area contributed by atoms with Crippen molar-refractivity contribution in [3.8, 4) is 11.5 Å².